The minimum Gasteiger partial charge on any atom is -0.250 e. The van der Waals surface area contributed by atoms with E-state index < -0.39 is 0 Å². The quantitative estimate of drug-likeness (QED) is 0.659. The first-order chi connectivity index (χ1) is 5.29. The van der Waals surface area contributed by atoms with Crippen molar-refractivity contribution >= 4 is 0 Å². The predicted octanol–water partition coefficient (Wildman–Crippen LogP) is 1.56. The zero-order chi connectivity index (χ0) is 8.27. The van der Waals surface area contributed by atoms with Gasteiger partial charge in [-0.25, -0.2) is 4.68 Å². The number of aryl methyl sites for hydroxylation is 2. The van der Waals surface area contributed by atoms with Gasteiger partial charge in [-0.2, -0.15) is 0 Å². The molecule has 62 valence electrons. The van der Waals surface area contributed by atoms with Crippen LogP contribution in [0.2, 0.25) is 0 Å². The van der Waals surface area contributed by atoms with E-state index in [1.54, 1.807) is 0 Å². The van der Waals surface area contributed by atoms with Crippen molar-refractivity contribution in [2.24, 2.45) is 0 Å². The number of hydrogen-bond acceptors (Lipinski definition) is 2. The lowest BCUT2D eigenvalue weighted by Crippen LogP contribution is -1.99. The summed E-state index contributed by atoms with van der Waals surface area (Å²) in [7, 11) is 0. The molecule has 1 aromatic heterocycles. The molecule has 3 heteroatoms. The van der Waals surface area contributed by atoms with Gasteiger partial charge in [0.2, 0.25) is 0 Å². The molecule has 0 bridgehead atoms. The SMILES string of the molecule is CCCc1nnn(CC)c1C. The summed E-state index contributed by atoms with van der Waals surface area (Å²) in [5.41, 5.74) is 2.36. The van der Waals surface area contributed by atoms with E-state index in [0.717, 1.165) is 25.1 Å². The highest BCUT2D eigenvalue weighted by atomic mass is 15.4. The Morgan fingerprint density at radius 2 is 2.09 bits per heavy atom. The Bertz CT molecular complexity index is 227. The maximum absolute atomic E-state index is 4.09. The molecule has 1 aromatic rings. The molecule has 0 unspecified atom stereocenters. The van der Waals surface area contributed by atoms with Crippen molar-refractivity contribution < 1.29 is 0 Å². The van der Waals surface area contributed by atoms with Crippen molar-refractivity contribution in [2.75, 3.05) is 0 Å². The number of hydrogen-bond donors (Lipinski definition) is 0. The van der Waals surface area contributed by atoms with Gasteiger partial charge in [-0.1, -0.05) is 18.6 Å². The third kappa shape index (κ3) is 1.59. The fourth-order valence-electron chi connectivity index (χ4n) is 1.16. The number of nitrogens with zero attached hydrogens (tertiary/aromatic N) is 3. The largest absolute Gasteiger partial charge is 0.250 e. The molecular formula is C8H15N3. The van der Waals surface area contributed by atoms with Crippen molar-refractivity contribution in [3.05, 3.63) is 11.4 Å². The Hall–Kier alpha value is -0.860. The summed E-state index contributed by atoms with van der Waals surface area (Å²) >= 11 is 0. The van der Waals surface area contributed by atoms with Crippen molar-refractivity contribution in [1.82, 2.24) is 15.0 Å². The zero-order valence-corrected chi connectivity index (χ0v) is 7.46. The van der Waals surface area contributed by atoms with Crippen LogP contribution < -0.4 is 0 Å². The van der Waals surface area contributed by atoms with Gasteiger partial charge in [0, 0.05) is 6.54 Å². The van der Waals surface area contributed by atoms with Crippen molar-refractivity contribution in [3.8, 4) is 0 Å². The van der Waals surface area contributed by atoms with Gasteiger partial charge in [-0.15, -0.1) is 5.10 Å². The normalized spacial score (nSPS) is 10.5. The van der Waals surface area contributed by atoms with Crippen molar-refractivity contribution in [2.45, 2.75) is 40.2 Å². The fourth-order valence-corrected chi connectivity index (χ4v) is 1.16. The standard InChI is InChI=1S/C8H15N3/c1-4-6-8-7(3)11(5-2)10-9-8/h4-6H2,1-3H3. The molecule has 0 spiro atoms. The zero-order valence-electron chi connectivity index (χ0n) is 7.46. The van der Waals surface area contributed by atoms with E-state index in [4.69, 9.17) is 0 Å². The first kappa shape index (κ1) is 8.24. The Balaban J connectivity index is 2.82. The van der Waals surface area contributed by atoms with Gasteiger partial charge in [0.05, 0.1) is 11.4 Å². The third-order valence-corrected chi connectivity index (χ3v) is 1.86. The average molecular weight is 153 g/mol. The molecule has 0 aromatic carbocycles. The second-order valence-corrected chi connectivity index (χ2v) is 2.69. The first-order valence-electron chi connectivity index (χ1n) is 4.18. The van der Waals surface area contributed by atoms with Crippen LogP contribution >= 0.6 is 0 Å². The monoisotopic (exact) mass is 153 g/mol. The summed E-state index contributed by atoms with van der Waals surface area (Å²) in [5, 5.41) is 8.11. The molecule has 0 aliphatic rings. The van der Waals surface area contributed by atoms with Gasteiger partial charge in [-0.05, 0) is 20.3 Å². The molecule has 0 radical (unpaired) electrons. The van der Waals surface area contributed by atoms with Crippen LogP contribution in [-0.2, 0) is 13.0 Å². The molecule has 0 fully saturated rings. The summed E-state index contributed by atoms with van der Waals surface area (Å²) in [5.74, 6) is 0. The van der Waals surface area contributed by atoms with Gasteiger partial charge in [0.1, 0.15) is 0 Å². The Morgan fingerprint density at radius 1 is 1.36 bits per heavy atom. The van der Waals surface area contributed by atoms with E-state index in [9.17, 15) is 0 Å². The van der Waals surface area contributed by atoms with Crippen LogP contribution in [0.5, 0.6) is 0 Å². The highest BCUT2D eigenvalue weighted by Gasteiger charge is 2.04. The molecule has 1 rings (SSSR count). The molecule has 0 saturated carbocycles. The second-order valence-electron chi connectivity index (χ2n) is 2.69. The predicted molar refractivity (Wildman–Crippen MR) is 44.4 cm³/mol. The first-order valence-corrected chi connectivity index (χ1v) is 4.18. The molecule has 0 atom stereocenters. The van der Waals surface area contributed by atoms with E-state index >= 15 is 0 Å². The van der Waals surface area contributed by atoms with Gasteiger partial charge in [-0.3, -0.25) is 0 Å². The van der Waals surface area contributed by atoms with Gasteiger partial charge < -0.3 is 0 Å². The van der Waals surface area contributed by atoms with Crippen LogP contribution in [0.3, 0.4) is 0 Å². The van der Waals surface area contributed by atoms with Gasteiger partial charge in [0.15, 0.2) is 0 Å². The fraction of sp³-hybridized carbons (Fsp3) is 0.750. The number of aromatic nitrogens is 3. The van der Waals surface area contributed by atoms with Crippen LogP contribution in [-0.4, -0.2) is 15.0 Å². The van der Waals surface area contributed by atoms with Gasteiger partial charge >= 0.3 is 0 Å². The highest BCUT2D eigenvalue weighted by Crippen LogP contribution is 2.05. The van der Waals surface area contributed by atoms with Crippen molar-refractivity contribution in [3.63, 3.8) is 0 Å². The topological polar surface area (TPSA) is 30.7 Å². The summed E-state index contributed by atoms with van der Waals surface area (Å²) in [4.78, 5) is 0. The highest BCUT2D eigenvalue weighted by molar-refractivity contribution is 5.07. The molecule has 11 heavy (non-hydrogen) atoms. The molecule has 1 heterocycles. The minimum absolute atomic E-state index is 0.919. The Kier molecular flexibility index (Phi) is 2.63. The number of rotatable bonds is 3. The van der Waals surface area contributed by atoms with E-state index in [0.29, 0.717) is 0 Å². The van der Waals surface area contributed by atoms with Gasteiger partial charge in [0.25, 0.3) is 0 Å². The maximum atomic E-state index is 4.09. The van der Waals surface area contributed by atoms with Crippen LogP contribution in [0.25, 0.3) is 0 Å². The molecule has 3 nitrogen and oxygen atoms in total. The molecule has 0 amide bonds. The van der Waals surface area contributed by atoms with E-state index in [1.165, 1.54) is 5.69 Å². The minimum atomic E-state index is 0.919. The van der Waals surface area contributed by atoms with Crippen LogP contribution in [0.4, 0.5) is 0 Å². The molecule has 0 saturated heterocycles. The molecule has 0 N–H and O–H groups in total. The van der Waals surface area contributed by atoms with E-state index in [2.05, 4.69) is 31.1 Å². The summed E-state index contributed by atoms with van der Waals surface area (Å²) < 4.78 is 1.94. The smallest absolute Gasteiger partial charge is 0.0856 e. The summed E-state index contributed by atoms with van der Waals surface area (Å²) in [6.45, 7) is 7.23. The maximum Gasteiger partial charge on any atom is 0.0856 e. The summed E-state index contributed by atoms with van der Waals surface area (Å²) in [6.07, 6.45) is 2.19. The molecule has 0 aliphatic carbocycles. The van der Waals surface area contributed by atoms with Crippen LogP contribution in [0.1, 0.15) is 31.7 Å². The lowest BCUT2D eigenvalue weighted by Gasteiger charge is -1.97. The second kappa shape index (κ2) is 3.51. The molecule has 0 aliphatic heterocycles. The van der Waals surface area contributed by atoms with Crippen molar-refractivity contribution in [1.29, 1.82) is 0 Å². The lowest BCUT2D eigenvalue weighted by molar-refractivity contribution is 0.611. The Labute approximate surface area is 67.4 Å². The molecular weight excluding hydrogens is 138 g/mol. The summed E-state index contributed by atoms with van der Waals surface area (Å²) in [6, 6.07) is 0. The van der Waals surface area contributed by atoms with Crippen LogP contribution in [0, 0.1) is 6.92 Å². The van der Waals surface area contributed by atoms with E-state index in [-0.39, 0.29) is 0 Å². The third-order valence-electron chi connectivity index (χ3n) is 1.86. The van der Waals surface area contributed by atoms with E-state index in [1.807, 2.05) is 4.68 Å². The average Bonchev–Trinajstić information content (AvgIpc) is 2.34. The Morgan fingerprint density at radius 3 is 2.55 bits per heavy atom. The van der Waals surface area contributed by atoms with Crippen LogP contribution in [0.15, 0.2) is 0 Å². The lowest BCUT2D eigenvalue weighted by atomic mass is 10.2.